The fourth-order valence-electron chi connectivity index (χ4n) is 4.18. The molecule has 4 rings (SSSR count). The summed E-state index contributed by atoms with van der Waals surface area (Å²) in [6.45, 7) is 7.76. The van der Waals surface area contributed by atoms with Crippen LogP contribution in [0, 0.1) is 0 Å². The van der Waals surface area contributed by atoms with E-state index in [1.54, 1.807) is 29.2 Å². The molecule has 0 saturated carbocycles. The van der Waals surface area contributed by atoms with Crippen LogP contribution in [0.15, 0.2) is 57.7 Å². The van der Waals surface area contributed by atoms with Crippen molar-refractivity contribution >= 4 is 16.9 Å². The van der Waals surface area contributed by atoms with Crippen molar-refractivity contribution in [2.75, 3.05) is 19.8 Å². The highest BCUT2D eigenvalue weighted by Crippen LogP contribution is 2.38. The molecule has 1 amide bonds. The maximum absolute atomic E-state index is 13.5. The Morgan fingerprint density at radius 2 is 1.76 bits per heavy atom. The molecule has 0 N–H and O–H groups in total. The van der Waals surface area contributed by atoms with Crippen molar-refractivity contribution in [3.63, 3.8) is 0 Å². The summed E-state index contributed by atoms with van der Waals surface area (Å²) in [4.78, 5) is 28.6. The van der Waals surface area contributed by atoms with Gasteiger partial charge in [-0.3, -0.25) is 9.59 Å². The Morgan fingerprint density at radius 1 is 1.00 bits per heavy atom. The van der Waals surface area contributed by atoms with Crippen LogP contribution in [-0.2, 0) is 4.74 Å². The molecule has 3 aromatic rings. The second-order valence-corrected chi connectivity index (χ2v) is 8.62. The molecular formula is C27H31NO5. The Kier molecular flexibility index (Phi) is 7.14. The molecular weight excluding hydrogens is 418 g/mol. The first-order chi connectivity index (χ1) is 16.0. The van der Waals surface area contributed by atoms with E-state index in [-0.39, 0.29) is 23.2 Å². The minimum atomic E-state index is -0.503. The molecule has 0 aliphatic carbocycles. The standard InChI is InChI=1S/C27H31NO5/c1-4-5-16-32-20-13-11-19(12-14-20)24-23-25(29)21-9-6-7-10-22(21)33-26(23)27(30)28(24)15-8-17-31-18(2)3/h6-7,9-14,18,24H,4-5,8,15-17H2,1-3H3. The smallest absolute Gasteiger partial charge is 0.290 e. The van der Waals surface area contributed by atoms with E-state index in [1.165, 1.54) is 0 Å². The number of rotatable bonds is 10. The van der Waals surface area contributed by atoms with Crippen LogP contribution in [0.5, 0.6) is 5.75 Å². The molecule has 1 atom stereocenters. The lowest BCUT2D eigenvalue weighted by molar-refractivity contribution is 0.0593. The molecule has 0 fully saturated rings. The minimum absolute atomic E-state index is 0.126. The van der Waals surface area contributed by atoms with Crippen LogP contribution in [0.3, 0.4) is 0 Å². The lowest BCUT2D eigenvalue weighted by Crippen LogP contribution is -2.31. The average Bonchev–Trinajstić information content (AvgIpc) is 3.09. The summed E-state index contributed by atoms with van der Waals surface area (Å²) in [6, 6.07) is 14.2. The third-order valence-corrected chi connectivity index (χ3v) is 5.83. The number of carbonyl (C=O) groups excluding carboxylic acids is 1. The molecule has 174 valence electrons. The van der Waals surface area contributed by atoms with Gasteiger partial charge in [-0.1, -0.05) is 37.6 Å². The van der Waals surface area contributed by atoms with Crippen molar-refractivity contribution in [3.05, 3.63) is 75.6 Å². The predicted molar refractivity (Wildman–Crippen MR) is 128 cm³/mol. The maximum Gasteiger partial charge on any atom is 0.290 e. The summed E-state index contributed by atoms with van der Waals surface area (Å²) in [5, 5.41) is 0.485. The maximum atomic E-state index is 13.5. The van der Waals surface area contributed by atoms with E-state index < -0.39 is 6.04 Å². The van der Waals surface area contributed by atoms with Gasteiger partial charge in [0, 0.05) is 13.2 Å². The van der Waals surface area contributed by atoms with Gasteiger partial charge in [-0.2, -0.15) is 0 Å². The summed E-state index contributed by atoms with van der Waals surface area (Å²) in [5.74, 6) is 0.654. The third-order valence-electron chi connectivity index (χ3n) is 5.83. The molecule has 0 spiro atoms. The number of hydrogen-bond acceptors (Lipinski definition) is 5. The number of hydrogen-bond donors (Lipinski definition) is 0. The van der Waals surface area contributed by atoms with Crippen LogP contribution < -0.4 is 10.2 Å². The molecule has 6 heteroatoms. The molecule has 0 radical (unpaired) electrons. The molecule has 6 nitrogen and oxygen atoms in total. The number of benzene rings is 2. The molecule has 0 bridgehead atoms. The zero-order chi connectivity index (χ0) is 23.4. The minimum Gasteiger partial charge on any atom is -0.494 e. The molecule has 0 saturated heterocycles. The first-order valence-electron chi connectivity index (χ1n) is 11.7. The van der Waals surface area contributed by atoms with Crippen molar-refractivity contribution in [2.45, 2.75) is 52.2 Å². The largest absolute Gasteiger partial charge is 0.494 e. The topological polar surface area (TPSA) is 69.0 Å². The Labute approximate surface area is 194 Å². The van der Waals surface area contributed by atoms with Gasteiger partial charge in [-0.05, 0) is 56.5 Å². The lowest BCUT2D eigenvalue weighted by atomic mass is 9.98. The van der Waals surface area contributed by atoms with Gasteiger partial charge < -0.3 is 18.8 Å². The quantitative estimate of drug-likeness (QED) is 0.391. The van der Waals surface area contributed by atoms with E-state index in [4.69, 9.17) is 13.9 Å². The highest BCUT2D eigenvalue weighted by molar-refractivity contribution is 5.99. The number of nitrogens with zero attached hydrogens (tertiary/aromatic N) is 1. The molecule has 1 unspecified atom stereocenters. The number of amides is 1. The van der Waals surface area contributed by atoms with Crippen LogP contribution in [-0.4, -0.2) is 36.7 Å². The van der Waals surface area contributed by atoms with Gasteiger partial charge in [0.1, 0.15) is 11.3 Å². The first-order valence-corrected chi connectivity index (χ1v) is 11.7. The summed E-state index contributed by atoms with van der Waals surface area (Å²) < 4.78 is 17.4. The van der Waals surface area contributed by atoms with E-state index >= 15 is 0 Å². The van der Waals surface area contributed by atoms with Gasteiger partial charge in [-0.25, -0.2) is 0 Å². The molecule has 2 heterocycles. The van der Waals surface area contributed by atoms with Gasteiger partial charge in [0.15, 0.2) is 5.43 Å². The third kappa shape index (κ3) is 4.81. The Bertz CT molecular complexity index is 1170. The van der Waals surface area contributed by atoms with Crippen LogP contribution in [0.4, 0.5) is 0 Å². The van der Waals surface area contributed by atoms with Crippen molar-refractivity contribution in [1.29, 1.82) is 0 Å². The zero-order valence-corrected chi connectivity index (χ0v) is 19.5. The summed E-state index contributed by atoms with van der Waals surface area (Å²) in [7, 11) is 0. The number of unbranched alkanes of at least 4 members (excludes halogenated alkanes) is 1. The molecule has 1 aliphatic heterocycles. The Morgan fingerprint density at radius 3 is 2.48 bits per heavy atom. The predicted octanol–water partition coefficient (Wildman–Crippen LogP) is 5.33. The van der Waals surface area contributed by atoms with E-state index in [1.807, 2.05) is 38.1 Å². The van der Waals surface area contributed by atoms with Crippen molar-refractivity contribution in [2.24, 2.45) is 0 Å². The zero-order valence-electron chi connectivity index (χ0n) is 19.5. The SMILES string of the molecule is CCCCOc1ccc(C2c3c(oc4ccccc4c3=O)C(=O)N2CCCOC(C)C)cc1. The molecule has 1 aliphatic rings. The second kappa shape index (κ2) is 10.2. The van der Waals surface area contributed by atoms with Gasteiger partial charge >= 0.3 is 0 Å². The van der Waals surface area contributed by atoms with Gasteiger partial charge in [0.05, 0.1) is 29.7 Å². The monoisotopic (exact) mass is 449 g/mol. The fourth-order valence-corrected chi connectivity index (χ4v) is 4.18. The molecule has 2 aromatic carbocycles. The first kappa shape index (κ1) is 23.1. The highest BCUT2D eigenvalue weighted by atomic mass is 16.5. The van der Waals surface area contributed by atoms with Crippen LogP contribution in [0.25, 0.3) is 11.0 Å². The van der Waals surface area contributed by atoms with Crippen LogP contribution >= 0.6 is 0 Å². The Hall–Kier alpha value is -3.12. The van der Waals surface area contributed by atoms with Crippen molar-refractivity contribution in [3.8, 4) is 5.75 Å². The van der Waals surface area contributed by atoms with Gasteiger partial charge in [-0.15, -0.1) is 0 Å². The number of fused-ring (bicyclic) bond motifs is 2. The number of ether oxygens (including phenoxy) is 2. The van der Waals surface area contributed by atoms with Gasteiger partial charge in [0.2, 0.25) is 5.76 Å². The van der Waals surface area contributed by atoms with E-state index in [9.17, 15) is 9.59 Å². The second-order valence-electron chi connectivity index (χ2n) is 8.62. The summed E-state index contributed by atoms with van der Waals surface area (Å²) >= 11 is 0. The number of para-hydroxylation sites is 1. The lowest BCUT2D eigenvalue weighted by Gasteiger charge is -2.25. The fraction of sp³-hybridized carbons (Fsp3) is 0.407. The van der Waals surface area contributed by atoms with E-state index in [0.29, 0.717) is 42.7 Å². The molecule has 1 aromatic heterocycles. The Balaban J connectivity index is 1.70. The summed E-state index contributed by atoms with van der Waals surface area (Å²) in [5.41, 5.74) is 1.54. The van der Waals surface area contributed by atoms with Crippen molar-refractivity contribution in [1.82, 2.24) is 4.90 Å². The molecule has 33 heavy (non-hydrogen) atoms. The van der Waals surface area contributed by atoms with E-state index in [0.717, 1.165) is 24.2 Å². The van der Waals surface area contributed by atoms with E-state index in [2.05, 4.69) is 6.92 Å². The highest BCUT2D eigenvalue weighted by Gasteiger charge is 2.42. The average molecular weight is 450 g/mol. The van der Waals surface area contributed by atoms with Gasteiger partial charge in [0.25, 0.3) is 5.91 Å². The number of carbonyl (C=O) groups is 1. The van der Waals surface area contributed by atoms with Crippen LogP contribution in [0.1, 0.15) is 67.8 Å². The van der Waals surface area contributed by atoms with Crippen LogP contribution in [0.2, 0.25) is 0 Å². The normalized spacial score (nSPS) is 15.5. The van der Waals surface area contributed by atoms with Crippen molar-refractivity contribution < 1.29 is 18.7 Å². The summed E-state index contributed by atoms with van der Waals surface area (Å²) in [6.07, 6.45) is 2.85.